The van der Waals surface area contributed by atoms with Crippen molar-refractivity contribution in [2.75, 3.05) is 18.6 Å². The molecule has 1 aliphatic heterocycles. The van der Waals surface area contributed by atoms with E-state index >= 15 is 0 Å². The topological polar surface area (TPSA) is 73.1 Å². The fraction of sp³-hybridized carbons (Fsp3) is 0.478. The molecule has 0 amide bonds. The summed E-state index contributed by atoms with van der Waals surface area (Å²) in [6, 6.07) is 9.93. The number of hydrogen-bond donors (Lipinski definition) is 0. The number of ether oxygens (including phenoxy) is 1. The summed E-state index contributed by atoms with van der Waals surface area (Å²) in [5.41, 5.74) is 0.874. The summed E-state index contributed by atoms with van der Waals surface area (Å²) in [7, 11) is 1.65. The van der Waals surface area contributed by atoms with Gasteiger partial charge < -0.3 is 9.64 Å². The van der Waals surface area contributed by atoms with Gasteiger partial charge in [0.05, 0.1) is 16.9 Å². The van der Waals surface area contributed by atoms with Crippen molar-refractivity contribution in [1.82, 2.24) is 19.5 Å². The SMILES string of the molecule is COCc1nccc(N2CCCC2c2nc3ccccc3c(=O)n2C2CCCC2)n1. The average Bonchev–Trinajstić information content (AvgIpc) is 3.46. The van der Waals surface area contributed by atoms with E-state index < -0.39 is 0 Å². The van der Waals surface area contributed by atoms with Crippen LogP contribution in [-0.4, -0.2) is 33.2 Å². The van der Waals surface area contributed by atoms with E-state index in [4.69, 9.17) is 14.7 Å². The van der Waals surface area contributed by atoms with E-state index in [9.17, 15) is 4.79 Å². The van der Waals surface area contributed by atoms with Crippen molar-refractivity contribution >= 4 is 16.7 Å². The molecule has 2 aromatic heterocycles. The number of nitrogens with zero attached hydrogens (tertiary/aromatic N) is 5. The number of anilines is 1. The average molecular weight is 406 g/mol. The fourth-order valence-electron chi connectivity index (χ4n) is 4.97. The van der Waals surface area contributed by atoms with Crippen molar-refractivity contribution in [1.29, 1.82) is 0 Å². The molecule has 30 heavy (non-hydrogen) atoms. The second-order valence-corrected chi connectivity index (χ2v) is 8.22. The van der Waals surface area contributed by atoms with Crippen molar-refractivity contribution in [3.63, 3.8) is 0 Å². The lowest BCUT2D eigenvalue weighted by Crippen LogP contribution is -2.34. The minimum Gasteiger partial charge on any atom is -0.377 e. The lowest BCUT2D eigenvalue weighted by molar-refractivity contribution is 0.178. The van der Waals surface area contributed by atoms with Crippen molar-refractivity contribution < 1.29 is 4.74 Å². The molecular formula is C23H27N5O2. The summed E-state index contributed by atoms with van der Waals surface area (Å²) in [4.78, 5) is 29.9. The number of rotatable bonds is 5. The van der Waals surface area contributed by atoms with Gasteiger partial charge in [-0.25, -0.2) is 15.0 Å². The highest BCUT2D eigenvalue weighted by Gasteiger charge is 2.34. The maximum Gasteiger partial charge on any atom is 0.261 e. The second-order valence-electron chi connectivity index (χ2n) is 8.22. The first-order valence-corrected chi connectivity index (χ1v) is 10.8. The van der Waals surface area contributed by atoms with Gasteiger partial charge in [-0.3, -0.25) is 9.36 Å². The maximum atomic E-state index is 13.5. The Labute approximate surface area is 175 Å². The third-order valence-corrected chi connectivity index (χ3v) is 6.33. The van der Waals surface area contributed by atoms with Crippen LogP contribution in [0.4, 0.5) is 5.82 Å². The quantitative estimate of drug-likeness (QED) is 0.643. The monoisotopic (exact) mass is 405 g/mol. The van der Waals surface area contributed by atoms with Gasteiger partial charge in [0.15, 0.2) is 5.82 Å². The highest BCUT2D eigenvalue weighted by Crippen LogP contribution is 2.37. The van der Waals surface area contributed by atoms with E-state index in [1.54, 1.807) is 13.3 Å². The molecule has 0 spiro atoms. The Bertz CT molecular complexity index is 1110. The zero-order valence-corrected chi connectivity index (χ0v) is 17.3. The molecule has 3 aromatic rings. The molecule has 0 N–H and O–H groups in total. The van der Waals surface area contributed by atoms with Crippen LogP contribution in [0.5, 0.6) is 0 Å². The standard InChI is InChI=1S/C23H27N5O2/c1-30-15-20-24-13-12-21(26-20)27-14-6-11-19(27)22-25-18-10-5-4-9-17(18)23(29)28(22)16-7-2-3-8-16/h4-5,9-10,12-13,16,19H,2-3,6-8,11,14-15H2,1H3. The molecular weight excluding hydrogens is 378 g/mol. The third-order valence-electron chi connectivity index (χ3n) is 6.33. The molecule has 7 nitrogen and oxygen atoms in total. The van der Waals surface area contributed by atoms with E-state index in [-0.39, 0.29) is 17.6 Å². The smallest absolute Gasteiger partial charge is 0.261 e. The van der Waals surface area contributed by atoms with Crippen LogP contribution < -0.4 is 10.5 Å². The Kier molecular flexibility index (Phi) is 5.21. The Morgan fingerprint density at radius 3 is 2.73 bits per heavy atom. The molecule has 1 aromatic carbocycles. The number of fused-ring (bicyclic) bond motifs is 1. The number of para-hydroxylation sites is 1. The van der Waals surface area contributed by atoms with Crippen LogP contribution in [0.3, 0.4) is 0 Å². The number of hydrogen-bond acceptors (Lipinski definition) is 6. The van der Waals surface area contributed by atoms with Crippen molar-refractivity contribution in [3.05, 3.63) is 58.5 Å². The molecule has 3 heterocycles. The van der Waals surface area contributed by atoms with Crippen LogP contribution in [-0.2, 0) is 11.3 Å². The van der Waals surface area contributed by atoms with Gasteiger partial charge in [-0.15, -0.1) is 0 Å². The Hall–Kier alpha value is -2.80. The maximum absolute atomic E-state index is 13.5. The Morgan fingerprint density at radius 2 is 1.90 bits per heavy atom. The molecule has 1 unspecified atom stereocenters. The lowest BCUT2D eigenvalue weighted by Gasteiger charge is -2.29. The minimum atomic E-state index is 0.0354. The molecule has 0 bridgehead atoms. The first kappa shape index (κ1) is 19.2. The highest BCUT2D eigenvalue weighted by atomic mass is 16.5. The summed E-state index contributed by atoms with van der Waals surface area (Å²) in [6.45, 7) is 1.27. The fourth-order valence-corrected chi connectivity index (χ4v) is 4.97. The van der Waals surface area contributed by atoms with Gasteiger partial charge in [-0.05, 0) is 43.9 Å². The molecule has 0 radical (unpaired) electrons. The largest absolute Gasteiger partial charge is 0.377 e. The van der Waals surface area contributed by atoms with E-state index in [0.29, 0.717) is 17.8 Å². The first-order valence-electron chi connectivity index (χ1n) is 10.8. The van der Waals surface area contributed by atoms with Crippen molar-refractivity contribution in [2.24, 2.45) is 0 Å². The number of methoxy groups -OCH3 is 1. The molecule has 156 valence electrons. The second kappa shape index (κ2) is 8.14. The van der Waals surface area contributed by atoms with Gasteiger partial charge in [-0.1, -0.05) is 25.0 Å². The zero-order chi connectivity index (χ0) is 20.5. The van der Waals surface area contributed by atoms with Crippen LogP contribution in [0, 0.1) is 0 Å². The Balaban J connectivity index is 1.63. The van der Waals surface area contributed by atoms with Crippen LogP contribution in [0.15, 0.2) is 41.3 Å². The molecule has 1 saturated heterocycles. The van der Waals surface area contributed by atoms with Gasteiger partial charge in [0, 0.05) is 25.9 Å². The Morgan fingerprint density at radius 1 is 1.07 bits per heavy atom. The summed E-state index contributed by atoms with van der Waals surface area (Å²) >= 11 is 0. The van der Waals surface area contributed by atoms with Crippen LogP contribution in [0.25, 0.3) is 10.9 Å². The van der Waals surface area contributed by atoms with Crippen molar-refractivity contribution in [3.8, 4) is 0 Å². The third kappa shape index (κ3) is 3.37. The lowest BCUT2D eigenvalue weighted by atomic mass is 10.1. The summed E-state index contributed by atoms with van der Waals surface area (Å²) in [5.74, 6) is 2.43. The van der Waals surface area contributed by atoms with E-state index in [2.05, 4.69) is 9.88 Å². The molecule has 2 aliphatic rings. The van der Waals surface area contributed by atoms with E-state index in [0.717, 1.165) is 49.4 Å². The van der Waals surface area contributed by atoms with Gasteiger partial charge >= 0.3 is 0 Å². The van der Waals surface area contributed by atoms with Crippen LogP contribution in [0.1, 0.15) is 62.3 Å². The highest BCUT2D eigenvalue weighted by molar-refractivity contribution is 5.77. The molecule has 1 atom stereocenters. The van der Waals surface area contributed by atoms with Gasteiger partial charge in [0.1, 0.15) is 18.2 Å². The molecule has 7 heteroatoms. The van der Waals surface area contributed by atoms with Crippen LogP contribution >= 0.6 is 0 Å². The number of aromatic nitrogens is 4. The van der Waals surface area contributed by atoms with Crippen LogP contribution in [0.2, 0.25) is 0 Å². The van der Waals surface area contributed by atoms with E-state index in [1.807, 2.05) is 34.9 Å². The predicted molar refractivity (Wildman–Crippen MR) is 116 cm³/mol. The normalized spacial score (nSPS) is 19.8. The summed E-state index contributed by atoms with van der Waals surface area (Å²) in [6.07, 6.45) is 8.22. The molecule has 1 aliphatic carbocycles. The van der Waals surface area contributed by atoms with Crippen molar-refractivity contribution in [2.45, 2.75) is 57.2 Å². The number of benzene rings is 1. The van der Waals surface area contributed by atoms with Gasteiger partial charge in [0.25, 0.3) is 5.56 Å². The molecule has 1 saturated carbocycles. The minimum absolute atomic E-state index is 0.0354. The predicted octanol–water partition coefficient (Wildman–Crippen LogP) is 3.79. The first-order chi connectivity index (χ1) is 14.8. The van der Waals surface area contributed by atoms with Gasteiger partial charge in [-0.2, -0.15) is 0 Å². The van der Waals surface area contributed by atoms with E-state index in [1.165, 1.54) is 12.8 Å². The summed E-state index contributed by atoms with van der Waals surface area (Å²) < 4.78 is 7.22. The molecule has 2 fully saturated rings. The summed E-state index contributed by atoms with van der Waals surface area (Å²) in [5, 5.41) is 0.710. The molecule has 5 rings (SSSR count). The van der Waals surface area contributed by atoms with Gasteiger partial charge in [0.2, 0.25) is 0 Å². The zero-order valence-electron chi connectivity index (χ0n) is 17.3.